The maximum atomic E-state index is 13.9. The highest BCUT2D eigenvalue weighted by molar-refractivity contribution is 7.47. The predicted molar refractivity (Wildman–Crippen MR) is 414 cm³/mol. The Morgan fingerprint density at radius 2 is 0.636 bits per heavy atom. The molecule has 0 bridgehead atoms. The summed E-state index contributed by atoms with van der Waals surface area (Å²) in [5.41, 5.74) is -1.53. The van der Waals surface area contributed by atoms with Crippen molar-refractivity contribution >= 4 is 72.7 Å². The zero-order valence-corrected chi connectivity index (χ0v) is 69.3. The highest BCUT2D eigenvalue weighted by atomic mass is 31.2. The molecule has 0 spiro atoms. The molecule has 0 aromatic carbocycles. The number of Topliss-reactive ketones (excluding diaryl/α,β-unsaturated/α-hetero) is 1. The molecule has 682 valence electrons. The third-order valence-electron chi connectivity index (χ3n) is 18.9. The van der Waals surface area contributed by atoms with Crippen molar-refractivity contribution in [3.63, 3.8) is 0 Å². The second-order valence-electron chi connectivity index (χ2n) is 29.1. The molecule has 0 aromatic rings. The largest absolute Gasteiger partial charge is 0.471 e. The van der Waals surface area contributed by atoms with Gasteiger partial charge in [0, 0.05) is 145 Å². The van der Waals surface area contributed by atoms with Crippen LogP contribution in [0.4, 0.5) is 0 Å². The number of hydrogen-bond acceptors (Lipinski definition) is 32. The molecule has 3 aliphatic heterocycles. The number of unbranched alkanes of at least 4 members (excludes halogenated alkanes) is 7. The van der Waals surface area contributed by atoms with Crippen LogP contribution in [0.1, 0.15) is 175 Å². The summed E-state index contributed by atoms with van der Waals surface area (Å²) in [6.07, 6.45) is -9.12. The number of aliphatic hydroxyl groups excluding tert-OH is 9. The SMILES string of the molecule is COP(=O)(O)OCCCCCCNC(=O)CCCC(=O)NC(COCCC(=O)NCCCCC(=O)CCCCOC1OC(CO)C(O)C(O)C1NC(C)=O)(COCCC(=O)NCCCNC(=O)CCCCOC1OC(CO)C(O)C(O)C1NC(C)=O)COCCC(=O)NCCCNC(=O)CCCCOC1OC(CO)C(O)C(O)C1NC(C)=O. The fourth-order valence-corrected chi connectivity index (χ4v) is 12.9. The molecule has 3 heterocycles. The molecule has 16 atom stereocenters. The van der Waals surface area contributed by atoms with Crippen molar-refractivity contribution in [1.29, 1.82) is 0 Å². The molecule has 3 saturated heterocycles. The number of rotatable bonds is 66. The summed E-state index contributed by atoms with van der Waals surface area (Å²) in [5.74, 6) is -4.16. The molecule has 0 aromatic heterocycles. The van der Waals surface area contributed by atoms with Crippen molar-refractivity contribution in [3.05, 3.63) is 0 Å². The molecule has 118 heavy (non-hydrogen) atoms. The van der Waals surface area contributed by atoms with Crippen LogP contribution >= 0.6 is 7.82 Å². The molecular formula is C74H133N10O33P. The Morgan fingerprint density at radius 1 is 0.347 bits per heavy atom. The van der Waals surface area contributed by atoms with Gasteiger partial charge in [0.15, 0.2) is 18.9 Å². The van der Waals surface area contributed by atoms with E-state index in [1.54, 1.807) is 0 Å². The normalized spacial score (nSPS) is 24.1. The summed E-state index contributed by atoms with van der Waals surface area (Å²) in [4.78, 5) is 149. The number of hydrogen-bond donors (Lipinski definition) is 20. The first-order chi connectivity index (χ1) is 56.4. The van der Waals surface area contributed by atoms with E-state index < -0.39 is 161 Å². The number of nitrogens with one attached hydrogen (secondary N) is 10. The highest BCUT2D eigenvalue weighted by Crippen LogP contribution is 2.42. The van der Waals surface area contributed by atoms with Crippen LogP contribution in [0, 0.1) is 0 Å². The van der Waals surface area contributed by atoms with Crippen LogP contribution in [0.15, 0.2) is 0 Å². The van der Waals surface area contributed by atoms with E-state index in [-0.39, 0.29) is 192 Å². The number of aliphatic hydroxyl groups is 9. The molecule has 3 aliphatic rings. The van der Waals surface area contributed by atoms with Crippen LogP contribution in [0.25, 0.3) is 0 Å². The average molecular weight is 1720 g/mol. The van der Waals surface area contributed by atoms with Gasteiger partial charge in [-0.3, -0.25) is 61.8 Å². The number of ether oxygens (including phenoxy) is 9. The maximum Gasteiger partial charge on any atom is 0.471 e. The van der Waals surface area contributed by atoms with Crippen LogP contribution in [-0.2, 0) is 109 Å². The van der Waals surface area contributed by atoms with Gasteiger partial charge in [0.25, 0.3) is 0 Å². The van der Waals surface area contributed by atoms with Crippen molar-refractivity contribution in [3.8, 4) is 0 Å². The van der Waals surface area contributed by atoms with E-state index in [0.29, 0.717) is 96.4 Å². The van der Waals surface area contributed by atoms with E-state index >= 15 is 0 Å². The third-order valence-corrected chi connectivity index (χ3v) is 19.9. The van der Waals surface area contributed by atoms with Gasteiger partial charge >= 0.3 is 7.82 Å². The van der Waals surface area contributed by atoms with E-state index in [4.69, 9.17) is 47.2 Å². The molecule has 20 N–H and O–H groups in total. The molecular weight excluding hydrogens is 1590 g/mol. The van der Waals surface area contributed by atoms with Crippen LogP contribution < -0.4 is 53.2 Å². The summed E-state index contributed by atoms with van der Waals surface area (Å²) in [5, 5.41) is 118. The van der Waals surface area contributed by atoms with Crippen LogP contribution in [0.5, 0.6) is 0 Å². The van der Waals surface area contributed by atoms with Crippen molar-refractivity contribution in [2.24, 2.45) is 0 Å². The topological polar surface area (TPSA) is 629 Å². The van der Waals surface area contributed by atoms with Crippen molar-refractivity contribution in [2.45, 2.75) is 272 Å². The first-order valence-electron chi connectivity index (χ1n) is 40.6. The van der Waals surface area contributed by atoms with Crippen LogP contribution in [-0.4, -0.2) is 345 Å². The summed E-state index contributed by atoms with van der Waals surface area (Å²) in [6, 6.07) is -3.31. The molecule has 16 unspecified atom stereocenters. The number of carbonyl (C=O) groups is 11. The van der Waals surface area contributed by atoms with Gasteiger partial charge in [-0.25, -0.2) is 4.57 Å². The van der Waals surface area contributed by atoms with Crippen molar-refractivity contribution in [1.82, 2.24) is 53.2 Å². The number of amides is 10. The molecule has 0 radical (unpaired) electrons. The summed E-state index contributed by atoms with van der Waals surface area (Å²) in [7, 11) is -3.02. The Hall–Kier alpha value is -6.24. The molecule has 0 aliphatic carbocycles. The van der Waals surface area contributed by atoms with E-state index in [2.05, 4.69) is 57.7 Å². The Balaban J connectivity index is 1.59. The van der Waals surface area contributed by atoms with E-state index in [0.717, 1.165) is 7.11 Å². The van der Waals surface area contributed by atoms with Crippen molar-refractivity contribution in [2.75, 3.05) is 132 Å². The fourth-order valence-electron chi connectivity index (χ4n) is 12.4. The molecule has 44 heteroatoms. The minimum Gasteiger partial charge on any atom is -0.394 e. The van der Waals surface area contributed by atoms with E-state index in [1.807, 2.05) is 0 Å². The van der Waals surface area contributed by atoms with Gasteiger partial charge in [-0.15, -0.1) is 0 Å². The minimum absolute atomic E-state index is 0.0139. The minimum atomic E-state index is -4.08. The van der Waals surface area contributed by atoms with Crippen LogP contribution in [0.3, 0.4) is 0 Å². The Bertz CT molecular complexity index is 2750. The second kappa shape index (κ2) is 61.1. The smallest absolute Gasteiger partial charge is 0.394 e. The van der Waals surface area contributed by atoms with E-state index in [1.165, 1.54) is 20.8 Å². The number of phosphoric ester groups is 1. The maximum absolute atomic E-state index is 13.9. The van der Waals surface area contributed by atoms with Crippen molar-refractivity contribution < 1.29 is 160 Å². The summed E-state index contributed by atoms with van der Waals surface area (Å²) in [6.45, 7) is 1.92. The molecule has 43 nitrogen and oxygen atoms in total. The summed E-state index contributed by atoms with van der Waals surface area (Å²) >= 11 is 0. The van der Waals surface area contributed by atoms with Gasteiger partial charge in [0.2, 0.25) is 59.1 Å². The number of ketones is 1. The first-order valence-corrected chi connectivity index (χ1v) is 42.1. The molecule has 0 saturated carbocycles. The summed E-state index contributed by atoms with van der Waals surface area (Å²) < 4.78 is 72.7. The van der Waals surface area contributed by atoms with Gasteiger partial charge in [-0.1, -0.05) is 12.8 Å². The number of phosphoric acid groups is 1. The fraction of sp³-hybridized carbons (Fsp3) is 0.851. The van der Waals surface area contributed by atoms with E-state index in [9.17, 15) is 108 Å². The second-order valence-corrected chi connectivity index (χ2v) is 30.6. The Labute approximate surface area is 687 Å². The monoisotopic (exact) mass is 1720 g/mol. The van der Waals surface area contributed by atoms with Gasteiger partial charge in [0.1, 0.15) is 84.4 Å². The van der Waals surface area contributed by atoms with Gasteiger partial charge in [0.05, 0.1) is 66.1 Å². The lowest BCUT2D eigenvalue weighted by Gasteiger charge is -2.42. The molecule has 3 fully saturated rings. The van der Waals surface area contributed by atoms with Gasteiger partial charge in [-0.05, 0) is 83.5 Å². The Kier molecular flexibility index (Phi) is 54.9. The first kappa shape index (κ1) is 106. The van der Waals surface area contributed by atoms with Gasteiger partial charge < -0.3 is 147 Å². The lowest BCUT2D eigenvalue weighted by atomic mass is 9.97. The standard InChI is InChI=1S/C74H133N10O33P/c1-48(88)81-62-68(102)65(99)52(42-85)115-71(62)111-35-14-8-21-51(91)20-7-12-30-76-58(95)26-39-108-45-74(84-61(98)25-17-24-57(94)75-29-11-5-6-13-38-114-118(105,106)107-4,46-109-40-27-59(96)79-33-18-31-77-55(92)22-9-15-36-112-72-63(82-49(2)89)69(103)66(100)53(43-86)116-72)47-110-41-28-60(97)80-34-19-32-78-56(93)23-10-16-37-113-73-64(83-50(3)90)70(104)67(101)54(44-87)117-73/h52-54,62-73,85-87,99-104H,5-47H2,1-4H3,(H,75,94)(H,76,95)(H,77,92)(H,78,93)(H,79,96)(H,80,97)(H,81,88)(H,82,89)(H,83,90)(H,84,98)(H,105,106). The lowest BCUT2D eigenvalue weighted by molar-refractivity contribution is -0.270. The van der Waals surface area contributed by atoms with Crippen LogP contribution in [0.2, 0.25) is 0 Å². The highest BCUT2D eigenvalue weighted by Gasteiger charge is 2.48. The molecule has 10 amide bonds. The average Bonchev–Trinajstić information content (AvgIpc) is 0.819. The molecule has 3 rings (SSSR count). The quantitative estimate of drug-likeness (QED) is 0.0201. The third kappa shape index (κ3) is 45.1. The lowest BCUT2D eigenvalue weighted by Crippen LogP contribution is -2.64. The Morgan fingerprint density at radius 3 is 0.975 bits per heavy atom. The number of carbonyl (C=O) groups excluding carboxylic acids is 11. The zero-order chi connectivity index (χ0) is 87.3. The predicted octanol–water partition coefficient (Wildman–Crippen LogP) is -4.84. The zero-order valence-electron chi connectivity index (χ0n) is 68.4. The van der Waals surface area contributed by atoms with Gasteiger partial charge in [-0.2, -0.15) is 0 Å².